The molecule has 2 N–H and O–H groups in total. The number of piperazine rings is 1. The van der Waals surface area contributed by atoms with Gasteiger partial charge in [0.1, 0.15) is 5.75 Å². The lowest BCUT2D eigenvalue weighted by Gasteiger charge is -2.42. The first-order valence-corrected chi connectivity index (χ1v) is 11.4. The topological polar surface area (TPSA) is 93.0 Å². The summed E-state index contributed by atoms with van der Waals surface area (Å²) in [5.41, 5.74) is 3.51. The Morgan fingerprint density at radius 3 is 2.43 bits per heavy atom. The third-order valence-corrected chi connectivity index (χ3v) is 5.98. The first-order chi connectivity index (χ1) is 17.1. The Kier molecular flexibility index (Phi) is 7.48. The normalized spacial score (nSPS) is 15.8. The van der Waals surface area contributed by atoms with E-state index in [0.717, 1.165) is 22.6 Å². The van der Waals surface area contributed by atoms with E-state index < -0.39 is 0 Å². The Hall–Kier alpha value is -4.51. The van der Waals surface area contributed by atoms with E-state index in [2.05, 4.69) is 10.6 Å². The van der Waals surface area contributed by atoms with Crippen molar-refractivity contribution in [1.29, 1.82) is 5.26 Å². The molecule has 0 spiro atoms. The number of carbonyl (C=O) groups is 1. The van der Waals surface area contributed by atoms with Crippen LogP contribution in [-0.4, -0.2) is 48.5 Å². The van der Waals surface area contributed by atoms with Crippen molar-refractivity contribution in [2.24, 2.45) is 4.99 Å². The van der Waals surface area contributed by atoms with Gasteiger partial charge in [-0.1, -0.05) is 48.5 Å². The van der Waals surface area contributed by atoms with E-state index in [9.17, 15) is 10.1 Å². The van der Waals surface area contributed by atoms with Gasteiger partial charge in [-0.05, 0) is 48.4 Å². The number of ether oxygens (including phenoxy) is 1. The van der Waals surface area contributed by atoms with E-state index in [-0.39, 0.29) is 12.1 Å². The summed E-state index contributed by atoms with van der Waals surface area (Å²) in [6.07, 6.45) is 2.01. The number of guanidine groups is 1. The predicted molar refractivity (Wildman–Crippen MR) is 136 cm³/mol. The lowest BCUT2D eigenvalue weighted by molar-refractivity contribution is 0.135. The van der Waals surface area contributed by atoms with Crippen LogP contribution < -0.4 is 15.4 Å². The molecule has 2 amide bonds. The van der Waals surface area contributed by atoms with Crippen LogP contribution in [0.15, 0.2) is 83.9 Å². The van der Waals surface area contributed by atoms with Crippen LogP contribution in [0, 0.1) is 18.4 Å². The molecule has 0 aromatic heterocycles. The lowest BCUT2D eigenvalue weighted by atomic mass is 10.0. The van der Waals surface area contributed by atoms with Crippen molar-refractivity contribution in [3.8, 4) is 11.9 Å². The molecule has 3 aromatic carbocycles. The van der Waals surface area contributed by atoms with E-state index in [1.807, 2.05) is 102 Å². The third-order valence-electron chi connectivity index (χ3n) is 5.98. The van der Waals surface area contributed by atoms with Crippen LogP contribution in [0.25, 0.3) is 0 Å². The number of benzene rings is 3. The van der Waals surface area contributed by atoms with Gasteiger partial charge in [-0.2, -0.15) is 5.26 Å². The highest BCUT2D eigenvalue weighted by atomic mass is 16.5. The number of hydrogen-bond acceptors (Lipinski definition) is 4. The number of nitrogens with zero attached hydrogens (tertiary/aromatic N) is 4. The first-order valence-electron chi connectivity index (χ1n) is 11.4. The Balaban J connectivity index is 1.59. The minimum absolute atomic E-state index is 0.186. The Labute approximate surface area is 205 Å². The van der Waals surface area contributed by atoms with Gasteiger partial charge in [0.2, 0.25) is 5.96 Å². The van der Waals surface area contributed by atoms with Gasteiger partial charge in [-0.15, -0.1) is 0 Å². The molecule has 1 atom stereocenters. The van der Waals surface area contributed by atoms with Gasteiger partial charge in [0.05, 0.1) is 18.8 Å². The average molecular weight is 469 g/mol. The third kappa shape index (κ3) is 5.71. The molecule has 1 aliphatic heterocycles. The number of anilines is 1. The minimum atomic E-state index is -0.231. The average Bonchev–Trinajstić information content (AvgIpc) is 2.90. The number of amides is 2. The maximum absolute atomic E-state index is 13.3. The quantitative estimate of drug-likeness (QED) is 0.252. The van der Waals surface area contributed by atoms with Gasteiger partial charge < -0.3 is 19.9 Å². The number of methoxy groups -OCH3 is 1. The first kappa shape index (κ1) is 23.6. The number of rotatable bonds is 4. The minimum Gasteiger partial charge on any atom is -0.497 e. The van der Waals surface area contributed by atoms with E-state index in [1.54, 1.807) is 7.11 Å². The van der Waals surface area contributed by atoms with Gasteiger partial charge in [-0.25, -0.2) is 9.79 Å². The molecule has 0 aliphatic carbocycles. The summed E-state index contributed by atoms with van der Waals surface area (Å²) in [6.45, 7) is 3.46. The van der Waals surface area contributed by atoms with Crippen LogP contribution in [0.4, 0.5) is 16.2 Å². The van der Waals surface area contributed by atoms with Crippen molar-refractivity contribution in [2.75, 3.05) is 32.1 Å². The zero-order valence-corrected chi connectivity index (χ0v) is 19.8. The molecule has 0 radical (unpaired) electrons. The van der Waals surface area contributed by atoms with Gasteiger partial charge in [0.15, 0.2) is 6.19 Å². The summed E-state index contributed by atoms with van der Waals surface area (Å²) in [7, 11) is 1.61. The van der Waals surface area contributed by atoms with E-state index in [1.165, 1.54) is 0 Å². The largest absolute Gasteiger partial charge is 0.497 e. The molecule has 4 rings (SSSR count). The molecule has 3 aromatic rings. The number of nitriles is 1. The number of para-hydroxylation sites is 1. The summed E-state index contributed by atoms with van der Waals surface area (Å²) in [5, 5.41) is 15.1. The smallest absolute Gasteiger partial charge is 0.322 e. The second-order valence-electron chi connectivity index (χ2n) is 8.18. The monoisotopic (exact) mass is 468 g/mol. The van der Waals surface area contributed by atoms with Crippen molar-refractivity contribution in [3.05, 3.63) is 90.0 Å². The fraction of sp³-hybridized carbons (Fsp3) is 0.222. The highest BCUT2D eigenvalue weighted by Crippen LogP contribution is 2.28. The van der Waals surface area contributed by atoms with Gasteiger partial charge >= 0.3 is 6.03 Å². The van der Waals surface area contributed by atoms with Gasteiger partial charge in [0, 0.05) is 25.3 Å². The fourth-order valence-corrected chi connectivity index (χ4v) is 4.08. The molecule has 8 heteroatoms. The van der Waals surface area contributed by atoms with Crippen molar-refractivity contribution in [2.45, 2.75) is 13.0 Å². The molecule has 0 saturated carbocycles. The summed E-state index contributed by atoms with van der Waals surface area (Å²) in [4.78, 5) is 21.9. The van der Waals surface area contributed by atoms with E-state index >= 15 is 0 Å². The zero-order chi connectivity index (χ0) is 24.6. The maximum Gasteiger partial charge on any atom is 0.322 e. The van der Waals surface area contributed by atoms with Crippen LogP contribution in [0.5, 0.6) is 5.75 Å². The molecule has 1 aliphatic rings. The van der Waals surface area contributed by atoms with E-state index in [0.29, 0.717) is 31.3 Å². The molecular formula is C27H28N6O2. The van der Waals surface area contributed by atoms with Crippen molar-refractivity contribution in [3.63, 3.8) is 0 Å². The number of hydrogen-bond donors (Lipinski definition) is 2. The van der Waals surface area contributed by atoms with Gasteiger partial charge in [-0.3, -0.25) is 5.32 Å². The SMILES string of the molecule is COc1ccc(NC(=O)N2CCN(C(=Nc3ccccc3C)NC#N)CC2c2ccccc2)cc1. The Bertz CT molecular complexity index is 1220. The number of urea groups is 1. The molecule has 1 saturated heterocycles. The molecule has 35 heavy (non-hydrogen) atoms. The van der Waals surface area contributed by atoms with Crippen LogP contribution in [0.2, 0.25) is 0 Å². The number of aliphatic imine (C=N–C) groups is 1. The number of aryl methyl sites for hydroxylation is 1. The Morgan fingerprint density at radius 2 is 1.74 bits per heavy atom. The lowest BCUT2D eigenvalue weighted by Crippen LogP contribution is -2.55. The second kappa shape index (κ2) is 11.1. The van der Waals surface area contributed by atoms with Gasteiger partial charge in [0.25, 0.3) is 0 Å². The van der Waals surface area contributed by atoms with Crippen LogP contribution in [0.1, 0.15) is 17.2 Å². The van der Waals surface area contributed by atoms with Crippen molar-refractivity contribution in [1.82, 2.24) is 15.1 Å². The number of nitrogens with one attached hydrogen (secondary N) is 2. The van der Waals surface area contributed by atoms with Crippen molar-refractivity contribution >= 4 is 23.4 Å². The zero-order valence-electron chi connectivity index (χ0n) is 19.8. The molecule has 1 fully saturated rings. The molecule has 1 heterocycles. The van der Waals surface area contributed by atoms with E-state index in [4.69, 9.17) is 9.73 Å². The predicted octanol–water partition coefficient (Wildman–Crippen LogP) is 4.65. The van der Waals surface area contributed by atoms with Crippen LogP contribution in [-0.2, 0) is 0 Å². The number of carbonyl (C=O) groups excluding carboxylic acids is 1. The highest BCUT2D eigenvalue weighted by Gasteiger charge is 2.33. The fourth-order valence-electron chi connectivity index (χ4n) is 4.08. The van der Waals surface area contributed by atoms with Crippen LogP contribution >= 0.6 is 0 Å². The highest BCUT2D eigenvalue weighted by molar-refractivity contribution is 5.90. The molecule has 178 valence electrons. The second-order valence-corrected chi connectivity index (χ2v) is 8.18. The molecule has 8 nitrogen and oxygen atoms in total. The van der Waals surface area contributed by atoms with Crippen LogP contribution in [0.3, 0.4) is 0 Å². The molecular weight excluding hydrogens is 440 g/mol. The summed E-state index contributed by atoms with van der Waals surface area (Å²) >= 11 is 0. The Morgan fingerprint density at radius 1 is 1.03 bits per heavy atom. The molecule has 1 unspecified atom stereocenters. The standard InChI is InChI=1S/C27H28N6O2/c1-20-8-6-7-11-24(20)31-26(29-19-28)32-16-17-33(25(18-32)21-9-4-3-5-10-21)27(34)30-22-12-14-23(35-2)15-13-22/h3-15,25H,16-18H2,1-2H3,(H,29,31)(H,30,34). The summed E-state index contributed by atoms with van der Waals surface area (Å²) in [5.74, 6) is 1.20. The summed E-state index contributed by atoms with van der Waals surface area (Å²) in [6, 6.07) is 24.5. The molecule has 0 bridgehead atoms. The van der Waals surface area contributed by atoms with Crippen molar-refractivity contribution < 1.29 is 9.53 Å². The summed E-state index contributed by atoms with van der Waals surface area (Å²) < 4.78 is 5.20. The maximum atomic E-state index is 13.3.